The summed E-state index contributed by atoms with van der Waals surface area (Å²) in [6, 6.07) is 3.59. The lowest BCUT2D eigenvalue weighted by molar-refractivity contribution is -0.144. The van der Waals surface area contributed by atoms with Gasteiger partial charge in [0.2, 0.25) is 18.3 Å². The molecule has 4 aromatic rings. The molecule has 4 N–H and O–H groups in total. The molecule has 0 saturated carbocycles. The molecule has 0 unspecified atom stereocenters. The van der Waals surface area contributed by atoms with E-state index in [1.165, 1.54) is 10.7 Å². The number of nitrogens with two attached hydrogens (primary N) is 1. The minimum absolute atomic E-state index is 0.137. The SMILES string of the molecule is CNc1nc(N)nn2ccc(-c3ccn4ncc(CC(F)F)c4n3)c12.O=C(CO)N1CCCC(F)(F)C1. The molecule has 0 aliphatic carbocycles. The van der Waals surface area contributed by atoms with E-state index >= 15 is 0 Å². The topological polar surface area (TPSA) is 139 Å². The van der Waals surface area contributed by atoms with Crippen molar-refractivity contribution in [2.24, 2.45) is 0 Å². The van der Waals surface area contributed by atoms with Crippen LogP contribution in [-0.2, 0) is 11.2 Å². The van der Waals surface area contributed by atoms with Gasteiger partial charge in [-0.1, -0.05) is 0 Å². The number of anilines is 2. The highest BCUT2D eigenvalue weighted by Gasteiger charge is 2.36. The summed E-state index contributed by atoms with van der Waals surface area (Å²) in [7, 11) is 1.73. The van der Waals surface area contributed by atoms with E-state index in [0.29, 0.717) is 41.2 Å². The zero-order chi connectivity index (χ0) is 26.7. The normalized spacial score (nSPS) is 15.2. The van der Waals surface area contributed by atoms with Crippen LogP contribution >= 0.6 is 0 Å². The maximum atomic E-state index is 12.7. The lowest BCUT2D eigenvalue weighted by atomic mass is 10.1. The van der Waals surface area contributed by atoms with Crippen LogP contribution in [0.25, 0.3) is 22.4 Å². The number of aromatic nitrogens is 6. The molecule has 15 heteroatoms. The van der Waals surface area contributed by atoms with E-state index in [1.54, 1.807) is 30.0 Å². The zero-order valence-corrected chi connectivity index (χ0v) is 19.8. The third kappa shape index (κ3) is 5.71. The average molecular weight is 523 g/mol. The van der Waals surface area contributed by atoms with Crippen molar-refractivity contribution in [1.29, 1.82) is 0 Å². The number of carbonyl (C=O) groups excluding carboxylic acids is 1. The summed E-state index contributed by atoms with van der Waals surface area (Å²) in [4.78, 5) is 20.5. The van der Waals surface area contributed by atoms with Gasteiger partial charge in [-0.15, -0.1) is 5.10 Å². The Labute approximate surface area is 207 Å². The fourth-order valence-electron chi connectivity index (χ4n) is 4.08. The van der Waals surface area contributed by atoms with Crippen LogP contribution in [0.5, 0.6) is 0 Å². The second kappa shape index (κ2) is 10.5. The van der Waals surface area contributed by atoms with Gasteiger partial charge in [0.25, 0.3) is 5.92 Å². The number of halogens is 4. The Bertz CT molecular complexity index is 1410. The molecule has 198 valence electrons. The number of likely N-dealkylation sites (tertiary alicyclic amines) is 1. The largest absolute Gasteiger partial charge is 0.387 e. The van der Waals surface area contributed by atoms with Gasteiger partial charge in [0.05, 0.1) is 18.4 Å². The first-order valence-corrected chi connectivity index (χ1v) is 11.3. The first-order chi connectivity index (χ1) is 17.6. The highest BCUT2D eigenvalue weighted by Crippen LogP contribution is 2.29. The number of aliphatic hydroxyl groups is 1. The molecule has 0 bridgehead atoms. The second-order valence-corrected chi connectivity index (χ2v) is 8.37. The molecule has 1 amide bonds. The van der Waals surface area contributed by atoms with Gasteiger partial charge in [0, 0.05) is 50.0 Å². The van der Waals surface area contributed by atoms with Crippen molar-refractivity contribution in [2.45, 2.75) is 31.6 Å². The van der Waals surface area contributed by atoms with Gasteiger partial charge in [-0.2, -0.15) is 10.1 Å². The standard InChI is InChI=1S/C15H14F2N8.C7H11F2NO2/c1-19-13-12-9(2-4-24(12)23-15(18)22-13)10-3-5-25-14(21-10)8(7-20-25)6-11(16)17;8-7(9)2-1-3-10(5-7)6(12)4-11/h2-5,7,11H,6H2,1H3,(H3,18,19,22,23);11H,1-5H2. The minimum atomic E-state index is -2.77. The van der Waals surface area contributed by atoms with Crippen LogP contribution in [0.3, 0.4) is 0 Å². The first kappa shape index (κ1) is 26.1. The molecule has 1 saturated heterocycles. The number of aliphatic hydroxyl groups excluding tert-OH is 1. The average Bonchev–Trinajstić information content (AvgIpc) is 3.46. The highest BCUT2D eigenvalue weighted by atomic mass is 19.3. The summed E-state index contributed by atoms with van der Waals surface area (Å²) < 4.78 is 53.9. The molecule has 0 atom stereocenters. The number of hydrogen-bond donors (Lipinski definition) is 3. The number of amides is 1. The third-order valence-corrected chi connectivity index (χ3v) is 5.74. The Balaban J connectivity index is 0.000000225. The summed E-state index contributed by atoms with van der Waals surface area (Å²) in [5, 5.41) is 19.6. The molecule has 37 heavy (non-hydrogen) atoms. The van der Waals surface area contributed by atoms with Gasteiger partial charge in [0.1, 0.15) is 12.1 Å². The maximum Gasteiger partial charge on any atom is 0.265 e. The van der Waals surface area contributed by atoms with Crippen LogP contribution in [0.2, 0.25) is 0 Å². The summed E-state index contributed by atoms with van der Waals surface area (Å²) in [6.07, 6.45) is 2.14. The van der Waals surface area contributed by atoms with Crippen molar-refractivity contribution < 1.29 is 27.5 Å². The molecule has 5 rings (SSSR count). The fraction of sp³-hybridized carbons (Fsp3) is 0.409. The number of rotatable bonds is 5. The molecule has 0 spiro atoms. The van der Waals surface area contributed by atoms with E-state index in [1.807, 2.05) is 6.07 Å². The Morgan fingerprint density at radius 2 is 2.00 bits per heavy atom. The Hall–Kier alpha value is -4.01. The van der Waals surface area contributed by atoms with Gasteiger partial charge < -0.3 is 21.1 Å². The molecule has 11 nitrogen and oxygen atoms in total. The van der Waals surface area contributed by atoms with Crippen LogP contribution in [0, 0.1) is 0 Å². The van der Waals surface area contributed by atoms with Crippen molar-refractivity contribution in [3.63, 3.8) is 0 Å². The molecular weight excluding hydrogens is 498 g/mol. The quantitative estimate of drug-likeness (QED) is 0.338. The third-order valence-electron chi connectivity index (χ3n) is 5.74. The number of carbonyl (C=O) groups is 1. The number of nitrogens with one attached hydrogen (secondary N) is 1. The molecule has 0 aromatic carbocycles. The van der Waals surface area contributed by atoms with Crippen LogP contribution in [0.4, 0.5) is 29.3 Å². The van der Waals surface area contributed by atoms with Gasteiger partial charge in [-0.25, -0.2) is 31.6 Å². The van der Waals surface area contributed by atoms with E-state index in [9.17, 15) is 22.4 Å². The van der Waals surface area contributed by atoms with Gasteiger partial charge in [-0.3, -0.25) is 4.79 Å². The molecule has 1 fully saturated rings. The smallest absolute Gasteiger partial charge is 0.265 e. The van der Waals surface area contributed by atoms with Crippen LogP contribution in [-0.4, -0.2) is 84.2 Å². The molecule has 1 aliphatic rings. The van der Waals surface area contributed by atoms with Crippen LogP contribution < -0.4 is 11.1 Å². The van der Waals surface area contributed by atoms with Crippen molar-refractivity contribution in [3.8, 4) is 11.3 Å². The predicted molar refractivity (Wildman–Crippen MR) is 126 cm³/mol. The molecular formula is C22H25F4N9O2. The Kier molecular flexibility index (Phi) is 7.42. The monoisotopic (exact) mass is 523 g/mol. The van der Waals surface area contributed by atoms with E-state index < -0.39 is 37.8 Å². The van der Waals surface area contributed by atoms with Gasteiger partial charge in [-0.05, 0) is 18.6 Å². The Morgan fingerprint density at radius 3 is 2.68 bits per heavy atom. The number of hydrogen-bond acceptors (Lipinski definition) is 8. The van der Waals surface area contributed by atoms with Crippen molar-refractivity contribution >= 4 is 28.8 Å². The van der Waals surface area contributed by atoms with E-state index in [0.717, 1.165) is 10.5 Å². The van der Waals surface area contributed by atoms with E-state index in [-0.39, 0.29) is 12.4 Å². The molecule has 0 radical (unpaired) electrons. The van der Waals surface area contributed by atoms with E-state index in [4.69, 9.17) is 10.8 Å². The second-order valence-electron chi connectivity index (χ2n) is 8.37. The van der Waals surface area contributed by atoms with Crippen molar-refractivity contribution in [3.05, 3.63) is 36.3 Å². The summed E-state index contributed by atoms with van der Waals surface area (Å²) in [6.45, 7) is -0.905. The van der Waals surface area contributed by atoms with Gasteiger partial charge in [0.15, 0.2) is 11.5 Å². The zero-order valence-electron chi connectivity index (χ0n) is 19.8. The predicted octanol–water partition coefficient (Wildman–Crippen LogP) is 2.11. The summed E-state index contributed by atoms with van der Waals surface area (Å²) >= 11 is 0. The van der Waals surface area contributed by atoms with Gasteiger partial charge >= 0.3 is 0 Å². The maximum absolute atomic E-state index is 12.7. The molecule has 5 heterocycles. The summed E-state index contributed by atoms with van der Waals surface area (Å²) in [5.74, 6) is -2.70. The highest BCUT2D eigenvalue weighted by molar-refractivity contribution is 5.87. The molecule has 4 aromatic heterocycles. The van der Waals surface area contributed by atoms with Crippen molar-refractivity contribution in [1.82, 2.24) is 34.1 Å². The number of alkyl halides is 4. The van der Waals surface area contributed by atoms with E-state index in [2.05, 4.69) is 25.5 Å². The number of nitrogens with zero attached hydrogens (tertiary/aromatic N) is 7. The molecule has 1 aliphatic heterocycles. The number of fused-ring (bicyclic) bond motifs is 2. The lowest BCUT2D eigenvalue weighted by Gasteiger charge is -2.31. The first-order valence-electron chi connectivity index (χ1n) is 11.3. The lowest BCUT2D eigenvalue weighted by Crippen LogP contribution is -2.46. The van der Waals surface area contributed by atoms with Crippen LogP contribution in [0.1, 0.15) is 18.4 Å². The Morgan fingerprint density at radius 1 is 1.24 bits per heavy atom. The van der Waals surface area contributed by atoms with Crippen LogP contribution in [0.15, 0.2) is 30.7 Å². The number of nitrogen functional groups attached to an aromatic ring is 1. The number of piperidine rings is 1. The fourth-order valence-corrected chi connectivity index (χ4v) is 4.08. The summed E-state index contributed by atoms with van der Waals surface area (Å²) in [5.41, 5.74) is 8.56. The van der Waals surface area contributed by atoms with Crippen molar-refractivity contribution in [2.75, 3.05) is 37.8 Å². The minimum Gasteiger partial charge on any atom is -0.387 e.